The van der Waals surface area contributed by atoms with Gasteiger partial charge in [0, 0.05) is 22.6 Å². The van der Waals surface area contributed by atoms with Gasteiger partial charge in [0.05, 0.1) is 18.5 Å². The number of hydrogen-bond acceptors (Lipinski definition) is 5. The van der Waals surface area contributed by atoms with Crippen molar-refractivity contribution in [1.29, 1.82) is 0 Å². The minimum atomic E-state index is -0.393. The monoisotopic (exact) mass is 408 g/mol. The van der Waals surface area contributed by atoms with E-state index < -0.39 is 5.82 Å². The van der Waals surface area contributed by atoms with Crippen LogP contribution in [0.5, 0.6) is 5.75 Å². The maximum absolute atomic E-state index is 13.1. The maximum Gasteiger partial charge on any atom is 0.256 e. The smallest absolute Gasteiger partial charge is 0.256 e. The standard InChI is InChI=1S/C21H17FN4O2S/c1-13-10-19(24-20(27)14-6-8-16(22)9-7-14)26(25-13)21-23-18(12-29-21)15-4-3-5-17(11-15)28-2/h3-12H,1-2H3,(H,24,27). The number of carbonyl (C=O) groups excluding carboxylic acids is 1. The van der Waals surface area contributed by atoms with E-state index in [9.17, 15) is 9.18 Å². The molecule has 0 aliphatic rings. The summed E-state index contributed by atoms with van der Waals surface area (Å²) in [6, 6.07) is 14.8. The number of rotatable bonds is 5. The second kappa shape index (κ2) is 7.84. The first-order chi connectivity index (χ1) is 14.0. The van der Waals surface area contributed by atoms with Crippen LogP contribution in [0, 0.1) is 12.7 Å². The molecule has 0 spiro atoms. The highest BCUT2D eigenvalue weighted by Crippen LogP contribution is 2.28. The fraction of sp³-hybridized carbons (Fsp3) is 0.0952. The van der Waals surface area contributed by atoms with Crippen LogP contribution in [0.15, 0.2) is 60.0 Å². The predicted octanol–water partition coefficient (Wildman–Crippen LogP) is 4.70. The number of benzene rings is 2. The Morgan fingerprint density at radius 1 is 1.17 bits per heavy atom. The molecule has 146 valence electrons. The molecule has 0 aliphatic carbocycles. The third-order valence-electron chi connectivity index (χ3n) is 4.22. The normalized spacial score (nSPS) is 10.7. The zero-order valence-electron chi connectivity index (χ0n) is 15.7. The number of hydrogen-bond donors (Lipinski definition) is 1. The first-order valence-corrected chi connectivity index (χ1v) is 9.65. The summed E-state index contributed by atoms with van der Waals surface area (Å²) in [4.78, 5) is 17.2. The summed E-state index contributed by atoms with van der Waals surface area (Å²) in [7, 11) is 1.62. The van der Waals surface area contributed by atoms with Crippen molar-refractivity contribution in [3.05, 3.63) is 77.1 Å². The molecule has 0 atom stereocenters. The molecular weight excluding hydrogens is 391 g/mol. The van der Waals surface area contributed by atoms with Crippen LogP contribution in [0.3, 0.4) is 0 Å². The molecule has 4 rings (SSSR count). The maximum atomic E-state index is 13.1. The number of nitrogens with one attached hydrogen (secondary N) is 1. The molecule has 4 aromatic rings. The third-order valence-corrected chi connectivity index (χ3v) is 5.03. The first-order valence-electron chi connectivity index (χ1n) is 8.77. The highest BCUT2D eigenvalue weighted by atomic mass is 32.1. The van der Waals surface area contributed by atoms with E-state index in [1.807, 2.05) is 36.6 Å². The molecule has 0 saturated heterocycles. The van der Waals surface area contributed by atoms with E-state index in [-0.39, 0.29) is 5.91 Å². The summed E-state index contributed by atoms with van der Waals surface area (Å²) in [5.41, 5.74) is 2.80. The molecule has 6 nitrogen and oxygen atoms in total. The van der Waals surface area contributed by atoms with E-state index >= 15 is 0 Å². The molecule has 0 aliphatic heterocycles. The molecule has 1 N–H and O–H groups in total. The van der Waals surface area contributed by atoms with Gasteiger partial charge in [-0.15, -0.1) is 11.3 Å². The van der Waals surface area contributed by atoms with Gasteiger partial charge in [0.1, 0.15) is 17.4 Å². The van der Waals surface area contributed by atoms with Crippen LogP contribution in [-0.4, -0.2) is 27.8 Å². The van der Waals surface area contributed by atoms with Gasteiger partial charge in [-0.05, 0) is 43.3 Å². The molecule has 2 heterocycles. The second-order valence-electron chi connectivity index (χ2n) is 6.29. The zero-order chi connectivity index (χ0) is 20.4. The Labute approximate surface area is 170 Å². The Morgan fingerprint density at radius 3 is 2.72 bits per heavy atom. The van der Waals surface area contributed by atoms with Crippen LogP contribution >= 0.6 is 11.3 Å². The van der Waals surface area contributed by atoms with Gasteiger partial charge in [0.2, 0.25) is 5.13 Å². The van der Waals surface area contributed by atoms with Gasteiger partial charge in [0.15, 0.2) is 0 Å². The van der Waals surface area contributed by atoms with Crippen molar-refractivity contribution >= 4 is 23.1 Å². The van der Waals surface area contributed by atoms with Gasteiger partial charge < -0.3 is 10.1 Å². The first kappa shape index (κ1) is 18.8. The average molecular weight is 408 g/mol. The highest BCUT2D eigenvalue weighted by molar-refractivity contribution is 7.12. The second-order valence-corrected chi connectivity index (χ2v) is 7.13. The zero-order valence-corrected chi connectivity index (χ0v) is 16.5. The van der Waals surface area contributed by atoms with Crippen LogP contribution in [0.4, 0.5) is 10.2 Å². The predicted molar refractivity (Wildman–Crippen MR) is 110 cm³/mol. The van der Waals surface area contributed by atoms with Gasteiger partial charge >= 0.3 is 0 Å². The van der Waals surface area contributed by atoms with Gasteiger partial charge in [-0.25, -0.2) is 9.37 Å². The number of aromatic nitrogens is 3. The molecule has 0 fully saturated rings. The van der Waals surface area contributed by atoms with Crippen molar-refractivity contribution in [3.63, 3.8) is 0 Å². The van der Waals surface area contributed by atoms with Crippen molar-refractivity contribution in [2.45, 2.75) is 6.92 Å². The quantitative estimate of drug-likeness (QED) is 0.520. The van der Waals surface area contributed by atoms with Crippen molar-refractivity contribution in [2.24, 2.45) is 0 Å². The lowest BCUT2D eigenvalue weighted by Crippen LogP contribution is -2.15. The molecule has 0 saturated carbocycles. The number of methoxy groups -OCH3 is 1. The summed E-state index contributed by atoms with van der Waals surface area (Å²) < 4.78 is 20.0. The SMILES string of the molecule is COc1cccc(-c2csc(-n3nc(C)cc3NC(=O)c3ccc(F)cc3)n2)c1. The van der Waals surface area contributed by atoms with E-state index in [0.29, 0.717) is 16.5 Å². The number of ether oxygens (including phenoxy) is 1. The number of halogens is 1. The van der Waals surface area contributed by atoms with Crippen LogP contribution in [0.25, 0.3) is 16.4 Å². The van der Waals surface area contributed by atoms with Crippen LogP contribution < -0.4 is 10.1 Å². The van der Waals surface area contributed by atoms with E-state index in [1.165, 1.54) is 35.6 Å². The van der Waals surface area contributed by atoms with Gasteiger partial charge in [-0.3, -0.25) is 4.79 Å². The van der Waals surface area contributed by atoms with Crippen molar-refractivity contribution in [1.82, 2.24) is 14.8 Å². The molecule has 0 bridgehead atoms. The summed E-state index contributed by atoms with van der Waals surface area (Å²) in [5.74, 6) is 0.494. The number of anilines is 1. The molecule has 2 aromatic carbocycles. The summed E-state index contributed by atoms with van der Waals surface area (Å²) in [6.45, 7) is 1.83. The van der Waals surface area contributed by atoms with Crippen molar-refractivity contribution in [2.75, 3.05) is 12.4 Å². The highest BCUT2D eigenvalue weighted by Gasteiger charge is 2.15. The molecule has 8 heteroatoms. The van der Waals surface area contributed by atoms with Gasteiger partial charge in [0.25, 0.3) is 5.91 Å². The van der Waals surface area contributed by atoms with E-state index in [1.54, 1.807) is 17.9 Å². The molecule has 1 amide bonds. The fourth-order valence-electron chi connectivity index (χ4n) is 2.80. The summed E-state index contributed by atoms with van der Waals surface area (Å²) in [5, 5.41) is 9.81. The van der Waals surface area contributed by atoms with E-state index in [4.69, 9.17) is 4.74 Å². The lowest BCUT2D eigenvalue weighted by molar-refractivity contribution is 0.102. The van der Waals surface area contributed by atoms with Gasteiger partial charge in [-0.1, -0.05) is 12.1 Å². The third kappa shape index (κ3) is 4.02. The molecule has 2 aromatic heterocycles. The Hall–Kier alpha value is -3.52. The number of aryl methyl sites for hydroxylation is 1. The average Bonchev–Trinajstić information content (AvgIpc) is 3.35. The minimum Gasteiger partial charge on any atom is -0.497 e. The molecule has 0 radical (unpaired) electrons. The number of thiazole rings is 1. The molecule has 0 unspecified atom stereocenters. The molecule has 29 heavy (non-hydrogen) atoms. The Kier molecular flexibility index (Phi) is 5.09. The van der Waals surface area contributed by atoms with Crippen LogP contribution in [-0.2, 0) is 0 Å². The topological polar surface area (TPSA) is 69.0 Å². The van der Waals surface area contributed by atoms with Crippen molar-refractivity contribution in [3.8, 4) is 22.1 Å². The largest absolute Gasteiger partial charge is 0.497 e. The van der Waals surface area contributed by atoms with Crippen LogP contribution in [0.1, 0.15) is 16.1 Å². The summed E-state index contributed by atoms with van der Waals surface area (Å²) >= 11 is 1.41. The lowest BCUT2D eigenvalue weighted by Gasteiger charge is -2.06. The Morgan fingerprint density at radius 2 is 1.97 bits per heavy atom. The minimum absolute atomic E-state index is 0.351. The van der Waals surface area contributed by atoms with Crippen LogP contribution in [0.2, 0.25) is 0 Å². The van der Waals surface area contributed by atoms with E-state index in [2.05, 4.69) is 15.4 Å². The summed E-state index contributed by atoms with van der Waals surface area (Å²) in [6.07, 6.45) is 0. The number of carbonyl (C=O) groups is 1. The lowest BCUT2D eigenvalue weighted by atomic mass is 10.2. The number of nitrogens with zero attached hydrogens (tertiary/aromatic N) is 3. The molecular formula is C21H17FN4O2S. The number of amides is 1. The van der Waals surface area contributed by atoms with Gasteiger partial charge in [-0.2, -0.15) is 9.78 Å². The van der Waals surface area contributed by atoms with E-state index in [0.717, 1.165) is 22.7 Å². The Bertz CT molecular complexity index is 1170. The fourth-order valence-corrected chi connectivity index (χ4v) is 3.60. The van der Waals surface area contributed by atoms with Crippen molar-refractivity contribution < 1.29 is 13.9 Å². The Balaban J connectivity index is 1.62.